The van der Waals surface area contributed by atoms with Crippen molar-refractivity contribution >= 4 is 46.0 Å². The molecular weight excluding hydrogens is 456 g/mol. The number of thioether (sulfide) groups is 1. The highest BCUT2D eigenvalue weighted by atomic mass is 32.2. The van der Waals surface area contributed by atoms with E-state index in [0.717, 1.165) is 28.2 Å². The van der Waals surface area contributed by atoms with Gasteiger partial charge in [0.15, 0.2) is 4.32 Å². The summed E-state index contributed by atoms with van der Waals surface area (Å²) in [6, 6.07) is 16.4. The molecule has 1 saturated heterocycles. The van der Waals surface area contributed by atoms with E-state index in [1.165, 1.54) is 22.7 Å². The largest absolute Gasteiger partial charge is 0.508 e. The molecule has 4 aromatic rings. The molecule has 8 nitrogen and oxygen atoms in total. The summed E-state index contributed by atoms with van der Waals surface area (Å²) in [5, 5.41) is 24.0. The van der Waals surface area contributed by atoms with Crippen molar-refractivity contribution < 1.29 is 9.90 Å². The first-order valence-electron chi connectivity index (χ1n) is 10.0. The summed E-state index contributed by atoms with van der Waals surface area (Å²) < 4.78 is 2.55. The molecule has 33 heavy (non-hydrogen) atoms. The first-order valence-corrected chi connectivity index (χ1v) is 11.2. The third kappa shape index (κ3) is 3.83. The summed E-state index contributed by atoms with van der Waals surface area (Å²) in [6.45, 7) is 4.03. The van der Waals surface area contributed by atoms with E-state index in [2.05, 4.69) is 25.2 Å². The number of aromatic nitrogens is 5. The Bertz CT molecular complexity index is 1420. The van der Waals surface area contributed by atoms with Crippen LogP contribution in [0.2, 0.25) is 0 Å². The number of hydrogen-bond donors (Lipinski definition) is 2. The van der Waals surface area contributed by atoms with Gasteiger partial charge in [-0.15, -0.1) is 10.2 Å². The zero-order valence-electron chi connectivity index (χ0n) is 17.7. The summed E-state index contributed by atoms with van der Waals surface area (Å²) in [4.78, 5) is 15.1. The van der Waals surface area contributed by atoms with E-state index >= 15 is 0 Å². The van der Waals surface area contributed by atoms with Crippen LogP contribution in [0.25, 0.3) is 23.2 Å². The Morgan fingerprint density at radius 2 is 1.88 bits per heavy atom. The van der Waals surface area contributed by atoms with E-state index in [1.54, 1.807) is 18.2 Å². The Labute approximate surface area is 198 Å². The highest BCUT2D eigenvalue weighted by Crippen LogP contribution is 2.37. The number of carbonyl (C=O) groups is 1. The van der Waals surface area contributed by atoms with Crippen molar-refractivity contribution in [2.24, 2.45) is 0 Å². The number of amides is 1. The number of tetrazole rings is 1. The second-order valence-electron chi connectivity index (χ2n) is 7.48. The number of anilines is 1. The number of aromatic amines is 1. The van der Waals surface area contributed by atoms with Crippen molar-refractivity contribution in [2.45, 2.75) is 13.8 Å². The second-order valence-corrected chi connectivity index (χ2v) is 9.16. The Hall–Kier alpha value is -3.76. The number of benzene rings is 2. The fraction of sp³-hybridized carbons (Fsp3) is 0.0870. The van der Waals surface area contributed by atoms with Gasteiger partial charge in [-0.25, -0.2) is 0 Å². The van der Waals surface area contributed by atoms with Crippen molar-refractivity contribution in [3.63, 3.8) is 0 Å². The quantitative estimate of drug-likeness (QED) is 0.334. The number of phenolic OH excluding ortho intramolecular Hbond substituents is 1. The number of aromatic hydroxyl groups is 1. The van der Waals surface area contributed by atoms with Crippen molar-refractivity contribution in [3.8, 4) is 22.8 Å². The van der Waals surface area contributed by atoms with Crippen LogP contribution in [0, 0.1) is 13.8 Å². The standard InChI is InChI=1S/C23H18N6O2S2/c1-13-9-16(11-20-22(31)29(23(32)33-20)18-7-4-8-19(30)12-18)14(2)28(13)17-6-3-5-15(10-17)21-24-26-27-25-21/h3-12,30H,1-2H3,(H,24,25,26,27)/b20-11-. The van der Waals surface area contributed by atoms with Crippen LogP contribution in [-0.4, -0.2) is 40.5 Å². The maximum absolute atomic E-state index is 13.1. The lowest BCUT2D eigenvalue weighted by atomic mass is 10.2. The minimum atomic E-state index is -0.209. The molecule has 5 rings (SSSR count). The maximum atomic E-state index is 13.1. The molecule has 2 N–H and O–H groups in total. The maximum Gasteiger partial charge on any atom is 0.270 e. The lowest BCUT2D eigenvalue weighted by Gasteiger charge is -2.14. The zero-order chi connectivity index (χ0) is 23.1. The predicted octanol–water partition coefficient (Wildman–Crippen LogP) is 4.39. The highest BCUT2D eigenvalue weighted by molar-refractivity contribution is 8.27. The van der Waals surface area contributed by atoms with Gasteiger partial charge in [-0.2, -0.15) is 5.21 Å². The molecule has 1 aliphatic heterocycles. The van der Waals surface area contributed by atoms with Gasteiger partial charge in [-0.05, 0) is 61.0 Å². The first-order chi connectivity index (χ1) is 15.9. The second kappa shape index (κ2) is 8.30. The number of nitrogens with one attached hydrogen (secondary N) is 1. The molecular formula is C23H18N6O2S2. The average Bonchev–Trinajstić information content (AvgIpc) is 3.48. The summed E-state index contributed by atoms with van der Waals surface area (Å²) in [7, 11) is 0. The third-order valence-corrected chi connectivity index (χ3v) is 6.65. The molecule has 0 bridgehead atoms. The van der Waals surface area contributed by atoms with E-state index in [0.29, 0.717) is 20.7 Å². The number of aryl methyl sites for hydroxylation is 1. The van der Waals surface area contributed by atoms with Gasteiger partial charge in [-0.1, -0.05) is 42.2 Å². The van der Waals surface area contributed by atoms with Crippen LogP contribution in [0.15, 0.2) is 59.5 Å². The monoisotopic (exact) mass is 474 g/mol. The van der Waals surface area contributed by atoms with Gasteiger partial charge in [0.25, 0.3) is 5.91 Å². The minimum absolute atomic E-state index is 0.0807. The molecule has 10 heteroatoms. The van der Waals surface area contributed by atoms with E-state index in [4.69, 9.17) is 12.2 Å². The van der Waals surface area contributed by atoms with Crippen molar-refractivity contribution in [2.75, 3.05) is 4.90 Å². The highest BCUT2D eigenvalue weighted by Gasteiger charge is 2.33. The summed E-state index contributed by atoms with van der Waals surface area (Å²) >= 11 is 6.70. The molecule has 0 spiro atoms. The van der Waals surface area contributed by atoms with Gasteiger partial charge in [0.05, 0.1) is 10.6 Å². The molecule has 0 atom stereocenters. The Morgan fingerprint density at radius 1 is 1.09 bits per heavy atom. The molecule has 0 unspecified atom stereocenters. The lowest BCUT2D eigenvalue weighted by Crippen LogP contribution is -2.27. The van der Waals surface area contributed by atoms with Crippen LogP contribution in [0.5, 0.6) is 5.75 Å². The SMILES string of the molecule is Cc1cc(/C=C2\SC(=S)N(c3cccc(O)c3)C2=O)c(C)n1-c1cccc(-c2nn[nH]n2)c1. The van der Waals surface area contributed by atoms with Gasteiger partial charge in [0.2, 0.25) is 5.82 Å². The van der Waals surface area contributed by atoms with Crippen LogP contribution in [0.3, 0.4) is 0 Å². The molecule has 2 aromatic carbocycles. The fourth-order valence-corrected chi connectivity index (χ4v) is 5.15. The normalized spacial score (nSPS) is 15.1. The first kappa shape index (κ1) is 21.1. The molecule has 1 fully saturated rings. The average molecular weight is 475 g/mol. The number of nitrogens with zero attached hydrogens (tertiary/aromatic N) is 5. The minimum Gasteiger partial charge on any atom is -0.508 e. The zero-order valence-corrected chi connectivity index (χ0v) is 19.3. The van der Waals surface area contributed by atoms with E-state index < -0.39 is 0 Å². The Balaban J connectivity index is 1.50. The van der Waals surface area contributed by atoms with Gasteiger partial charge in [-0.3, -0.25) is 9.69 Å². The summed E-state index contributed by atoms with van der Waals surface area (Å²) in [5.41, 5.74) is 5.29. The van der Waals surface area contributed by atoms with Crippen LogP contribution >= 0.6 is 24.0 Å². The molecule has 0 saturated carbocycles. The predicted molar refractivity (Wildman–Crippen MR) is 132 cm³/mol. The lowest BCUT2D eigenvalue weighted by molar-refractivity contribution is -0.113. The van der Waals surface area contributed by atoms with E-state index in [9.17, 15) is 9.90 Å². The molecule has 0 radical (unpaired) electrons. The number of carbonyl (C=O) groups excluding carboxylic acids is 1. The number of H-pyrrole nitrogens is 1. The molecule has 1 amide bonds. The molecule has 164 valence electrons. The Kier molecular flexibility index (Phi) is 5.31. The molecule has 2 aromatic heterocycles. The number of hydrogen-bond acceptors (Lipinski definition) is 7. The van der Waals surface area contributed by atoms with Crippen molar-refractivity contribution in [1.82, 2.24) is 25.2 Å². The number of rotatable bonds is 4. The topological polar surface area (TPSA) is 99.9 Å². The van der Waals surface area contributed by atoms with Gasteiger partial charge < -0.3 is 9.67 Å². The summed E-state index contributed by atoms with van der Waals surface area (Å²) in [6.07, 6.45) is 1.87. The van der Waals surface area contributed by atoms with Gasteiger partial charge >= 0.3 is 0 Å². The fourth-order valence-electron chi connectivity index (χ4n) is 3.86. The van der Waals surface area contributed by atoms with Crippen LogP contribution in [0.4, 0.5) is 5.69 Å². The van der Waals surface area contributed by atoms with Crippen molar-refractivity contribution in [1.29, 1.82) is 0 Å². The van der Waals surface area contributed by atoms with Crippen LogP contribution < -0.4 is 4.90 Å². The van der Waals surface area contributed by atoms with Crippen molar-refractivity contribution in [3.05, 3.63) is 76.5 Å². The van der Waals surface area contributed by atoms with E-state index in [-0.39, 0.29) is 11.7 Å². The molecule has 0 aliphatic carbocycles. The third-order valence-electron chi connectivity index (χ3n) is 5.35. The number of phenols is 1. The van der Waals surface area contributed by atoms with Crippen LogP contribution in [0.1, 0.15) is 17.0 Å². The smallest absolute Gasteiger partial charge is 0.270 e. The van der Waals surface area contributed by atoms with Gasteiger partial charge in [0.1, 0.15) is 5.75 Å². The van der Waals surface area contributed by atoms with Crippen LogP contribution in [-0.2, 0) is 4.79 Å². The number of thiocarbonyl (C=S) groups is 1. The molecule has 3 heterocycles. The van der Waals surface area contributed by atoms with E-state index in [1.807, 2.05) is 50.3 Å². The molecule has 1 aliphatic rings. The van der Waals surface area contributed by atoms with Gasteiger partial charge in [0, 0.05) is 28.7 Å². The summed E-state index contributed by atoms with van der Waals surface area (Å²) in [5.74, 6) is 0.395. The Morgan fingerprint density at radius 3 is 2.64 bits per heavy atom.